The maximum absolute atomic E-state index is 12.2. The third-order valence-corrected chi connectivity index (χ3v) is 4.24. The normalized spacial score (nSPS) is 12.0. The van der Waals surface area contributed by atoms with E-state index in [9.17, 15) is 14.7 Å². The molecule has 0 bridgehead atoms. The summed E-state index contributed by atoms with van der Waals surface area (Å²) in [6, 6.07) is 7.47. The van der Waals surface area contributed by atoms with Gasteiger partial charge in [0.25, 0.3) is 0 Å². The van der Waals surface area contributed by atoms with E-state index in [2.05, 4.69) is 5.32 Å². The Morgan fingerprint density at radius 1 is 1.14 bits per heavy atom. The largest absolute Gasteiger partial charge is 0.481 e. The van der Waals surface area contributed by atoms with E-state index in [1.54, 1.807) is 27.7 Å². The first-order valence-electron chi connectivity index (χ1n) is 6.93. The van der Waals surface area contributed by atoms with Gasteiger partial charge in [-0.2, -0.15) is 0 Å². The molecule has 0 aromatic heterocycles. The quantitative estimate of drug-likeness (QED) is 0.744. The van der Waals surface area contributed by atoms with Crippen molar-refractivity contribution in [1.82, 2.24) is 5.32 Å². The summed E-state index contributed by atoms with van der Waals surface area (Å²) in [6.45, 7) is 7.00. The van der Waals surface area contributed by atoms with Gasteiger partial charge in [-0.1, -0.05) is 24.3 Å². The van der Waals surface area contributed by atoms with E-state index in [4.69, 9.17) is 5.73 Å². The Hall–Kier alpha value is -1.88. The second-order valence-corrected chi connectivity index (χ2v) is 6.25. The van der Waals surface area contributed by atoms with Crippen molar-refractivity contribution in [1.29, 1.82) is 0 Å². The van der Waals surface area contributed by atoms with Gasteiger partial charge in [0, 0.05) is 12.1 Å². The van der Waals surface area contributed by atoms with E-state index in [1.165, 1.54) is 0 Å². The van der Waals surface area contributed by atoms with Gasteiger partial charge in [0.1, 0.15) is 0 Å². The standard InChI is InChI=1S/C16H24N2O3/c1-15(2,14(20)21)16(3,4)18-13(19)9-11-7-5-6-8-12(11)10-17/h5-8H,9-10,17H2,1-4H3,(H,18,19)(H,20,21). The van der Waals surface area contributed by atoms with Crippen molar-refractivity contribution in [3.05, 3.63) is 35.4 Å². The molecule has 1 aromatic rings. The molecule has 0 spiro atoms. The first kappa shape index (κ1) is 17.2. The molecule has 0 saturated heterocycles. The molecule has 1 aromatic carbocycles. The molecule has 0 saturated carbocycles. The number of carboxylic acid groups (broad SMARTS) is 1. The number of aliphatic carboxylic acids is 1. The van der Waals surface area contributed by atoms with Gasteiger partial charge in [0.15, 0.2) is 0 Å². The predicted octanol–water partition coefficient (Wildman–Crippen LogP) is 1.69. The number of rotatable bonds is 6. The maximum Gasteiger partial charge on any atom is 0.311 e. The fraction of sp³-hybridized carbons (Fsp3) is 0.500. The number of amides is 1. The van der Waals surface area contributed by atoms with E-state index in [1.807, 2.05) is 24.3 Å². The van der Waals surface area contributed by atoms with Crippen molar-refractivity contribution in [2.45, 2.75) is 46.2 Å². The molecule has 4 N–H and O–H groups in total. The Bertz CT molecular complexity index is 536. The minimum atomic E-state index is -1.07. The predicted molar refractivity (Wildman–Crippen MR) is 81.7 cm³/mol. The Kier molecular flexibility index (Phi) is 5.12. The van der Waals surface area contributed by atoms with Crippen LogP contribution in [0.1, 0.15) is 38.8 Å². The smallest absolute Gasteiger partial charge is 0.311 e. The number of carboxylic acids is 1. The van der Waals surface area contributed by atoms with Gasteiger partial charge in [0.2, 0.25) is 5.91 Å². The number of hydrogen-bond donors (Lipinski definition) is 3. The van der Waals surface area contributed by atoms with Gasteiger partial charge in [-0.15, -0.1) is 0 Å². The molecule has 1 rings (SSSR count). The fourth-order valence-corrected chi connectivity index (χ4v) is 1.92. The van der Waals surface area contributed by atoms with E-state index < -0.39 is 16.9 Å². The average Bonchev–Trinajstić information content (AvgIpc) is 2.38. The van der Waals surface area contributed by atoms with Crippen LogP contribution in [-0.2, 0) is 22.6 Å². The molecule has 21 heavy (non-hydrogen) atoms. The van der Waals surface area contributed by atoms with E-state index in [0.29, 0.717) is 6.54 Å². The van der Waals surface area contributed by atoms with Gasteiger partial charge in [0.05, 0.1) is 11.8 Å². The Morgan fingerprint density at radius 2 is 1.67 bits per heavy atom. The zero-order valence-electron chi connectivity index (χ0n) is 13.1. The van der Waals surface area contributed by atoms with Crippen LogP contribution in [0.2, 0.25) is 0 Å². The van der Waals surface area contributed by atoms with Crippen molar-refractivity contribution in [3.63, 3.8) is 0 Å². The highest BCUT2D eigenvalue weighted by Crippen LogP contribution is 2.30. The van der Waals surface area contributed by atoms with Crippen LogP contribution in [0.4, 0.5) is 0 Å². The Morgan fingerprint density at radius 3 is 2.14 bits per heavy atom. The van der Waals surface area contributed by atoms with Crippen LogP contribution in [0.3, 0.4) is 0 Å². The van der Waals surface area contributed by atoms with Crippen molar-refractivity contribution < 1.29 is 14.7 Å². The Labute approximate surface area is 125 Å². The molecule has 0 unspecified atom stereocenters. The number of carbonyl (C=O) groups excluding carboxylic acids is 1. The average molecular weight is 292 g/mol. The van der Waals surface area contributed by atoms with Gasteiger partial charge in [-0.3, -0.25) is 9.59 Å². The third-order valence-electron chi connectivity index (χ3n) is 4.24. The molecular weight excluding hydrogens is 268 g/mol. The summed E-state index contributed by atoms with van der Waals surface area (Å²) in [7, 11) is 0. The summed E-state index contributed by atoms with van der Waals surface area (Å²) < 4.78 is 0. The first-order chi connectivity index (χ1) is 9.61. The molecule has 0 radical (unpaired) electrons. The second-order valence-electron chi connectivity index (χ2n) is 6.25. The third kappa shape index (κ3) is 3.82. The summed E-state index contributed by atoms with van der Waals surface area (Å²) in [5, 5.41) is 12.1. The van der Waals surface area contributed by atoms with Crippen LogP contribution in [0.5, 0.6) is 0 Å². The van der Waals surface area contributed by atoms with E-state index in [0.717, 1.165) is 11.1 Å². The molecular formula is C16H24N2O3. The van der Waals surface area contributed by atoms with Crippen LogP contribution >= 0.6 is 0 Å². The summed E-state index contributed by atoms with van der Waals surface area (Å²) in [6.07, 6.45) is 0.187. The van der Waals surface area contributed by atoms with Gasteiger partial charge < -0.3 is 16.2 Å². The van der Waals surface area contributed by atoms with Gasteiger partial charge in [-0.05, 0) is 38.8 Å². The first-order valence-corrected chi connectivity index (χ1v) is 6.93. The maximum atomic E-state index is 12.2. The highest BCUT2D eigenvalue weighted by Gasteiger charge is 2.44. The number of nitrogens with two attached hydrogens (primary N) is 1. The molecule has 0 aliphatic carbocycles. The lowest BCUT2D eigenvalue weighted by molar-refractivity contribution is -0.151. The van der Waals surface area contributed by atoms with Crippen molar-refractivity contribution in [2.75, 3.05) is 0 Å². The SMILES string of the molecule is CC(C)(NC(=O)Cc1ccccc1CN)C(C)(C)C(=O)O. The van der Waals surface area contributed by atoms with Crippen LogP contribution < -0.4 is 11.1 Å². The summed E-state index contributed by atoms with van der Waals surface area (Å²) in [5.74, 6) is -1.16. The Balaban J connectivity index is 2.84. The molecule has 0 aliphatic rings. The summed E-state index contributed by atoms with van der Waals surface area (Å²) >= 11 is 0. The molecule has 5 heteroatoms. The highest BCUT2D eigenvalue weighted by atomic mass is 16.4. The van der Waals surface area contributed by atoms with Crippen LogP contribution in [0.15, 0.2) is 24.3 Å². The number of nitrogens with one attached hydrogen (secondary N) is 1. The molecule has 0 heterocycles. The van der Waals surface area contributed by atoms with E-state index >= 15 is 0 Å². The molecule has 116 valence electrons. The molecule has 0 aliphatic heterocycles. The number of benzene rings is 1. The van der Waals surface area contributed by atoms with Gasteiger partial charge in [-0.25, -0.2) is 0 Å². The number of carbonyl (C=O) groups is 2. The van der Waals surface area contributed by atoms with Crippen molar-refractivity contribution in [2.24, 2.45) is 11.1 Å². The molecule has 0 fully saturated rings. The lowest BCUT2D eigenvalue weighted by atomic mass is 9.74. The zero-order valence-corrected chi connectivity index (χ0v) is 13.1. The van der Waals surface area contributed by atoms with Crippen LogP contribution in [0, 0.1) is 5.41 Å². The lowest BCUT2D eigenvalue weighted by Gasteiger charge is -2.38. The number of hydrogen-bond acceptors (Lipinski definition) is 3. The minimum Gasteiger partial charge on any atom is -0.481 e. The molecule has 5 nitrogen and oxygen atoms in total. The van der Waals surface area contributed by atoms with Gasteiger partial charge >= 0.3 is 5.97 Å². The minimum absolute atomic E-state index is 0.187. The molecule has 0 atom stereocenters. The fourth-order valence-electron chi connectivity index (χ4n) is 1.92. The zero-order chi connectivity index (χ0) is 16.3. The highest BCUT2D eigenvalue weighted by molar-refractivity contribution is 5.82. The second kappa shape index (κ2) is 6.26. The lowest BCUT2D eigenvalue weighted by Crippen LogP contribution is -2.57. The topological polar surface area (TPSA) is 92.4 Å². The van der Waals surface area contributed by atoms with Crippen molar-refractivity contribution in [3.8, 4) is 0 Å². The summed E-state index contributed by atoms with van der Waals surface area (Å²) in [5.41, 5.74) is 5.49. The van der Waals surface area contributed by atoms with E-state index in [-0.39, 0.29) is 12.3 Å². The molecule has 1 amide bonds. The van der Waals surface area contributed by atoms with Crippen LogP contribution in [-0.4, -0.2) is 22.5 Å². The van der Waals surface area contributed by atoms with Crippen LogP contribution in [0.25, 0.3) is 0 Å². The van der Waals surface area contributed by atoms with Crippen molar-refractivity contribution >= 4 is 11.9 Å². The summed E-state index contributed by atoms with van der Waals surface area (Å²) in [4.78, 5) is 23.6. The monoisotopic (exact) mass is 292 g/mol.